The van der Waals surface area contributed by atoms with Gasteiger partial charge >= 0.3 is 6.09 Å². The molecule has 1 saturated heterocycles. The van der Waals surface area contributed by atoms with Crippen LogP contribution >= 0.6 is 11.3 Å². The summed E-state index contributed by atoms with van der Waals surface area (Å²) in [5.41, 5.74) is 1.34. The molecular formula is C16H17N3O4S. The van der Waals surface area contributed by atoms with Crippen molar-refractivity contribution >= 4 is 23.3 Å². The van der Waals surface area contributed by atoms with Gasteiger partial charge in [-0.3, -0.25) is 9.63 Å². The molecule has 126 valence electrons. The maximum atomic E-state index is 13.0. The van der Waals surface area contributed by atoms with E-state index in [4.69, 9.17) is 9.94 Å². The summed E-state index contributed by atoms with van der Waals surface area (Å²) in [7, 11) is 0. The number of thiazole rings is 1. The van der Waals surface area contributed by atoms with Crippen molar-refractivity contribution in [3.05, 3.63) is 41.4 Å². The summed E-state index contributed by atoms with van der Waals surface area (Å²) in [6.07, 6.45) is 0.146. The number of rotatable bonds is 2. The van der Waals surface area contributed by atoms with E-state index in [0.717, 1.165) is 15.6 Å². The second-order valence-corrected chi connectivity index (χ2v) is 6.33. The third-order valence-electron chi connectivity index (χ3n) is 3.68. The lowest BCUT2D eigenvalue weighted by Crippen LogP contribution is -2.37. The van der Waals surface area contributed by atoms with Crippen molar-refractivity contribution < 1.29 is 19.5 Å². The molecule has 1 aromatic heterocycles. The zero-order chi connectivity index (χ0) is 17.1. The monoisotopic (exact) mass is 347 g/mol. The number of amides is 2. The molecule has 2 aromatic rings. The molecule has 2 heterocycles. The van der Waals surface area contributed by atoms with Crippen LogP contribution in [0.5, 0.6) is 0 Å². The molecule has 7 nitrogen and oxygen atoms in total. The Bertz CT molecular complexity index is 735. The Labute approximate surface area is 143 Å². The van der Waals surface area contributed by atoms with Crippen LogP contribution in [0.15, 0.2) is 35.8 Å². The Hall–Kier alpha value is -2.45. The highest BCUT2D eigenvalue weighted by Crippen LogP contribution is 2.27. The molecular weight excluding hydrogens is 330 g/mol. The fourth-order valence-electron chi connectivity index (χ4n) is 2.62. The van der Waals surface area contributed by atoms with Gasteiger partial charge in [0.2, 0.25) is 0 Å². The van der Waals surface area contributed by atoms with E-state index in [1.165, 1.54) is 11.3 Å². The van der Waals surface area contributed by atoms with E-state index in [9.17, 15) is 9.59 Å². The van der Waals surface area contributed by atoms with Crippen LogP contribution in [0.25, 0.3) is 10.6 Å². The molecule has 2 amide bonds. The minimum atomic E-state index is -1.15. The first-order valence-electron chi connectivity index (χ1n) is 7.51. The van der Waals surface area contributed by atoms with Crippen LogP contribution in [0, 0.1) is 0 Å². The Morgan fingerprint density at radius 2 is 2.12 bits per heavy atom. The van der Waals surface area contributed by atoms with E-state index in [2.05, 4.69) is 4.98 Å². The van der Waals surface area contributed by atoms with Gasteiger partial charge in [0.25, 0.3) is 5.91 Å². The number of aromatic nitrogens is 1. The Morgan fingerprint density at radius 1 is 1.33 bits per heavy atom. The van der Waals surface area contributed by atoms with Crippen LogP contribution in [-0.2, 0) is 4.84 Å². The summed E-state index contributed by atoms with van der Waals surface area (Å²) >= 11 is 1.47. The third kappa shape index (κ3) is 3.39. The zero-order valence-corrected chi connectivity index (χ0v) is 13.9. The number of carboxylic acid groups (broad SMARTS) is 1. The minimum absolute atomic E-state index is 0.116. The Balaban J connectivity index is 1.86. The van der Waals surface area contributed by atoms with Crippen LogP contribution < -0.4 is 0 Å². The molecule has 1 aromatic carbocycles. The normalized spacial score (nSPS) is 18.3. The number of benzene rings is 1. The summed E-state index contributed by atoms with van der Waals surface area (Å²) in [4.78, 5) is 35.3. The van der Waals surface area contributed by atoms with Gasteiger partial charge in [0.1, 0.15) is 11.1 Å². The van der Waals surface area contributed by atoms with Crippen molar-refractivity contribution in [1.82, 2.24) is 14.9 Å². The highest BCUT2D eigenvalue weighted by atomic mass is 32.1. The summed E-state index contributed by atoms with van der Waals surface area (Å²) < 4.78 is 0. The molecule has 1 fully saturated rings. The van der Waals surface area contributed by atoms with Crippen molar-refractivity contribution in [3.8, 4) is 10.6 Å². The molecule has 1 aliphatic heterocycles. The van der Waals surface area contributed by atoms with Crippen molar-refractivity contribution in [3.63, 3.8) is 0 Å². The van der Waals surface area contributed by atoms with Crippen molar-refractivity contribution in [2.45, 2.75) is 13.0 Å². The van der Waals surface area contributed by atoms with Gasteiger partial charge in [0.05, 0.1) is 6.54 Å². The predicted octanol–water partition coefficient (Wildman–Crippen LogP) is 2.57. The number of carbonyl (C=O) groups excluding carboxylic acids is 1. The van der Waals surface area contributed by atoms with Crippen LogP contribution in [0.2, 0.25) is 0 Å². The first-order valence-corrected chi connectivity index (χ1v) is 8.39. The molecule has 0 aliphatic carbocycles. The predicted molar refractivity (Wildman–Crippen MR) is 88.7 cm³/mol. The lowest BCUT2D eigenvalue weighted by molar-refractivity contribution is -0.153. The molecule has 3 rings (SSSR count). The minimum Gasteiger partial charge on any atom is -0.463 e. The fraction of sp³-hybridized carbons (Fsp3) is 0.312. The van der Waals surface area contributed by atoms with E-state index >= 15 is 0 Å². The summed E-state index contributed by atoms with van der Waals surface area (Å²) in [5, 5.41) is 12.6. The number of hydrogen-bond donors (Lipinski definition) is 1. The molecule has 0 bridgehead atoms. The van der Waals surface area contributed by atoms with Gasteiger partial charge in [-0.15, -0.1) is 11.3 Å². The van der Waals surface area contributed by atoms with Crippen LogP contribution in [0.1, 0.15) is 17.3 Å². The van der Waals surface area contributed by atoms with E-state index in [1.807, 2.05) is 23.6 Å². The topological polar surface area (TPSA) is 83.0 Å². The summed E-state index contributed by atoms with van der Waals surface area (Å²) in [5.74, 6) is -0.150. The second kappa shape index (κ2) is 6.98. The first kappa shape index (κ1) is 16.4. The smallest absolute Gasteiger partial charge is 0.431 e. The van der Waals surface area contributed by atoms with Gasteiger partial charge in [0, 0.05) is 35.8 Å². The lowest BCUT2D eigenvalue weighted by atomic mass is 10.1. The third-order valence-corrected chi connectivity index (χ3v) is 4.48. The maximum Gasteiger partial charge on any atom is 0.431 e. The molecule has 1 atom stereocenters. The van der Waals surface area contributed by atoms with Crippen molar-refractivity contribution in [2.24, 2.45) is 0 Å². The SMILES string of the molecule is C[C@H]1CN(C(=O)c2ccccc2-c2nccs2)CCN(C(=O)O)O1. The lowest BCUT2D eigenvalue weighted by Gasteiger charge is -2.22. The first-order chi connectivity index (χ1) is 11.6. The van der Waals surface area contributed by atoms with Gasteiger partial charge in [-0.2, -0.15) is 5.06 Å². The molecule has 0 unspecified atom stereocenters. The van der Waals surface area contributed by atoms with Gasteiger partial charge in [0.15, 0.2) is 0 Å². The molecule has 0 radical (unpaired) electrons. The molecule has 1 N–H and O–H groups in total. The average molecular weight is 347 g/mol. The van der Waals surface area contributed by atoms with Gasteiger partial charge < -0.3 is 10.0 Å². The summed E-state index contributed by atoms with van der Waals surface area (Å²) in [6.45, 7) is 2.47. The molecule has 0 spiro atoms. The Kier molecular flexibility index (Phi) is 4.77. The van der Waals surface area contributed by atoms with Crippen LogP contribution in [0.3, 0.4) is 0 Å². The van der Waals surface area contributed by atoms with Crippen LogP contribution in [-0.4, -0.2) is 57.8 Å². The number of hydrogen-bond acceptors (Lipinski definition) is 5. The largest absolute Gasteiger partial charge is 0.463 e. The van der Waals surface area contributed by atoms with Crippen molar-refractivity contribution in [1.29, 1.82) is 0 Å². The average Bonchev–Trinajstić information content (AvgIpc) is 3.03. The van der Waals surface area contributed by atoms with E-state index in [0.29, 0.717) is 12.1 Å². The Morgan fingerprint density at radius 3 is 2.83 bits per heavy atom. The van der Waals surface area contributed by atoms with Crippen molar-refractivity contribution in [2.75, 3.05) is 19.6 Å². The highest BCUT2D eigenvalue weighted by molar-refractivity contribution is 7.13. The van der Waals surface area contributed by atoms with Crippen LogP contribution in [0.4, 0.5) is 4.79 Å². The van der Waals surface area contributed by atoms with E-state index in [1.54, 1.807) is 24.1 Å². The zero-order valence-electron chi connectivity index (χ0n) is 13.1. The second-order valence-electron chi connectivity index (χ2n) is 5.43. The van der Waals surface area contributed by atoms with Gasteiger partial charge in [-0.1, -0.05) is 18.2 Å². The quantitative estimate of drug-likeness (QED) is 0.903. The molecule has 24 heavy (non-hydrogen) atoms. The number of carbonyl (C=O) groups is 2. The van der Waals surface area contributed by atoms with E-state index < -0.39 is 12.2 Å². The maximum absolute atomic E-state index is 13.0. The standard InChI is InChI=1S/C16H17N3O4S/c1-11-10-18(7-8-19(23-11)16(21)22)15(20)13-5-3-2-4-12(13)14-17-6-9-24-14/h2-6,9,11H,7-8,10H2,1H3,(H,21,22)/t11-/m0/s1. The molecule has 0 saturated carbocycles. The fourth-order valence-corrected chi connectivity index (χ4v) is 3.30. The highest BCUT2D eigenvalue weighted by Gasteiger charge is 2.28. The summed E-state index contributed by atoms with van der Waals surface area (Å²) in [6, 6.07) is 7.32. The van der Waals surface area contributed by atoms with Gasteiger partial charge in [-0.05, 0) is 13.0 Å². The molecule has 8 heteroatoms. The van der Waals surface area contributed by atoms with Gasteiger partial charge in [-0.25, -0.2) is 9.78 Å². The number of nitrogens with zero attached hydrogens (tertiary/aromatic N) is 3. The van der Waals surface area contributed by atoms with E-state index in [-0.39, 0.29) is 19.0 Å². The number of hydroxylamine groups is 2. The molecule has 1 aliphatic rings.